The summed E-state index contributed by atoms with van der Waals surface area (Å²) in [6.07, 6.45) is 1.84. The largest absolute Gasteiger partial charge is 0.381 e. The van der Waals surface area contributed by atoms with Gasteiger partial charge in [0.15, 0.2) is 0 Å². The molecule has 0 spiro atoms. The molecule has 0 radical (unpaired) electrons. The van der Waals surface area contributed by atoms with E-state index in [1.54, 1.807) is 12.1 Å². The molecule has 0 saturated heterocycles. The van der Waals surface area contributed by atoms with Crippen molar-refractivity contribution in [3.8, 4) is 0 Å². The number of nitro groups is 1. The molecule has 0 aliphatic heterocycles. The third-order valence-corrected chi connectivity index (χ3v) is 3.20. The van der Waals surface area contributed by atoms with Crippen LogP contribution in [0.15, 0.2) is 24.3 Å². The molecule has 5 nitrogen and oxygen atoms in total. The Morgan fingerprint density at radius 1 is 1.38 bits per heavy atom. The highest BCUT2D eigenvalue weighted by Crippen LogP contribution is 2.21. The fourth-order valence-corrected chi connectivity index (χ4v) is 2.12. The van der Waals surface area contributed by atoms with Crippen LogP contribution in [-0.2, 0) is 4.74 Å². The first kappa shape index (κ1) is 17.6. The Balaban J connectivity index is 2.41. The zero-order valence-electron chi connectivity index (χ0n) is 13.2. The molecule has 1 unspecified atom stereocenters. The maximum absolute atomic E-state index is 10.8. The SMILES string of the molecule is CCC(NCCCOCC(C)C)c1cccc([N+](=O)[O-])c1. The third kappa shape index (κ3) is 6.69. The van der Waals surface area contributed by atoms with Crippen LogP contribution in [0.4, 0.5) is 5.69 Å². The van der Waals surface area contributed by atoms with Crippen molar-refractivity contribution in [1.29, 1.82) is 0 Å². The van der Waals surface area contributed by atoms with Gasteiger partial charge in [-0.1, -0.05) is 32.9 Å². The van der Waals surface area contributed by atoms with Gasteiger partial charge < -0.3 is 10.1 Å². The monoisotopic (exact) mass is 294 g/mol. The normalized spacial score (nSPS) is 12.6. The molecule has 1 aromatic rings. The van der Waals surface area contributed by atoms with Gasteiger partial charge in [0.1, 0.15) is 0 Å². The fourth-order valence-electron chi connectivity index (χ4n) is 2.12. The van der Waals surface area contributed by atoms with E-state index in [1.165, 1.54) is 6.07 Å². The molecule has 0 bridgehead atoms. The third-order valence-electron chi connectivity index (χ3n) is 3.20. The molecule has 0 aliphatic carbocycles. The summed E-state index contributed by atoms with van der Waals surface area (Å²) < 4.78 is 5.54. The first-order valence-corrected chi connectivity index (χ1v) is 7.60. The van der Waals surface area contributed by atoms with Gasteiger partial charge in [0.25, 0.3) is 5.69 Å². The number of nitro benzene ring substituents is 1. The van der Waals surface area contributed by atoms with Gasteiger partial charge in [0.2, 0.25) is 0 Å². The quantitative estimate of drug-likeness (QED) is 0.406. The van der Waals surface area contributed by atoms with E-state index in [4.69, 9.17) is 4.74 Å². The highest BCUT2D eigenvalue weighted by Gasteiger charge is 2.12. The number of benzene rings is 1. The van der Waals surface area contributed by atoms with Crippen LogP contribution in [0.2, 0.25) is 0 Å². The number of hydrogen-bond acceptors (Lipinski definition) is 4. The van der Waals surface area contributed by atoms with Gasteiger partial charge in [0.05, 0.1) is 4.92 Å². The van der Waals surface area contributed by atoms with E-state index in [1.807, 2.05) is 6.07 Å². The lowest BCUT2D eigenvalue weighted by Gasteiger charge is -2.17. The van der Waals surface area contributed by atoms with Crippen LogP contribution in [-0.4, -0.2) is 24.7 Å². The molecule has 1 N–H and O–H groups in total. The number of nitrogens with zero attached hydrogens (tertiary/aromatic N) is 1. The molecule has 118 valence electrons. The van der Waals surface area contributed by atoms with E-state index in [2.05, 4.69) is 26.1 Å². The van der Waals surface area contributed by atoms with E-state index in [0.717, 1.165) is 38.2 Å². The van der Waals surface area contributed by atoms with Crippen LogP contribution in [0.5, 0.6) is 0 Å². The van der Waals surface area contributed by atoms with Crippen molar-refractivity contribution in [2.75, 3.05) is 19.8 Å². The minimum absolute atomic E-state index is 0.146. The second-order valence-corrected chi connectivity index (χ2v) is 5.59. The van der Waals surface area contributed by atoms with Crippen molar-refractivity contribution in [2.45, 2.75) is 39.7 Å². The topological polar surface area (TPSA) is 64.4 Å². The van der Waals surface area contributed by atoms with Crippen molar-refractivity contribution in [3.63, 3.8) is 0 Å². The molecule has 21 heavy (non-hydrogen) atoms. The predicted molar refractivity (Wildman–Crippen MR) is 84.4 cm³/mol. The molecule has 0 heterocycles. The second kappa shape index (κ2) is 9.47. The molecule has 0 aliphatic rings. The summed E-state index contributed by atoms with van der Waals surface area (Å²) in [6.45, 7) is 8.73. The molecule has 1 rings (SSSR count). The lowest BCUT2D eigenvalue weighted by atomic mass is 10.0. The second-order valence-electron chi connectivity index (χ2n) is 5.59. The molecule has 1 aromatic carbocycles. The van der Waals surface area contributed by atoms with Gasteiger partial charge in [-0.25, -0.2) is 0 Å². The van der Waals surface area contributed by atoms with E-state index in [0.29, 0.717) is 5.92 Å². The standard InChI is InChI=1S/C16H26N2O3/c1-4-16(17-9-6-10-21-12-13(2)3)14-7-5-8-15(11-14)18(19)20/h5,7-8,11,13,16-17H,4,6,9-10,12H2,1-3H3. The summed E-state index contributed by atoms with van der Waals surface area (Å²) in [6, 6.07) is 6.99. The molecular weight excluding hydrogens is 268 g/mol. The predicted octanol–water partition coefficient (Wildman–Crippen LogP) is 3.70. The number of non-ortho nitro benzene ring substituents is 1. The number of hydrogen-bond donors (Lipinski definition) is 1. The molecular formula is C16H26N2O3. The van der Waals surface area contributed by atoms with Gasteiger partial charge >= 0.3 is 0 Å². The first-order valence-electron chi connectivity index (χ1n) is 7.60. The van der Waals surface area contributed by atoms with Crippen LogP contribution in [0.3, 0.4) is 0 Å². The minimum atomic E-state index is -0.351. The van der Waals surface area contributed by atoms with E-state index in [-0.39, 0.29) is 16.7 Å². The van der Waals surface area contributed by atoms with Crippen molar-refractivity contribution < 1.29 is 9.66 Å². The van der Waals surface area contributed by atoms with E-state index >= 15 is 0 Å². The van der Waals surface area contributed by atoms with Crippen molar-refractivity contribution in [3.05, 3.63) is 39.9 Å². The van der Waals surface area contributed by atoms with Crippen LogP contribution in [0, 0.1) is 16.0 Å². The first-order chi connectivity index (χ1) is 10.0. The Morgan fingerprint density at radius 2 is 2.14 bits per heavy atom. The average molecular weight is 294 g/mol. The summed E-state index contributed by atoms with van der Waals surface area (Å²) in [7, 11) is 0. The smallest absolute Gasteiger partial charge is 0.269 e. The van der Waals surface area contributed by atoms with Crippen molar-refractivity contribution in [2.24, 2.45) is 5.92 Å². The highest BCUT2D eigenvalue weighted by atomic mass is 16.6. The van der Waals surface area contributed by atoms with E-state index < -0.39 is 0 Å². The average Bonchev–Trinajstić information content (AvgIpc) is 2.46. The summed E-state index contributed by atoms with van der Waals surface area (Å²) in [5, 5.41) is 14.3. The van der Waals surface area contributed by atoms with Crippen LogP contribution < -0.4 is 5.32 Å². The number of nitrogens with one attached hydrogen (secondary N) is 1. The zero-order chi connectivity index (χ0) is 15.7. The van der Waals surface area contributed by atoms with Crippen molar-refractivity contribution in [1.82, 2.24) is 5.32 Å². The van der Waals surface area contributed by atoms with E-state index in [9.17, 15) is 10.1 Å². The fraction of sp³-hybridized carbons (Fsp3) is 0.625. The van der Waals surface area contributed by atoms with Crippen LogP contribution in [0.25, 0.3) is 0 Å². The molecule has 1 atom stereocenters. The Hall–Kier alpha value is -1.46. The molecule has 0 amide bonds. The summed E-state index contributed by atoms with van der Waals surface area (Å²) in [5.74, 6) is 0.561. The Bertz CT molecular complexity index is 435. The van der Waals surface area contributed by atoms with Crippen LogP contribution in [0.1, 0.15) is 45.2 Å². The maximum atomic E-state index is 10.8. The lowest BCUT2D eigenvalue weighted by Crippen LogP contribution is -2.23. The summed E-state index contributed by atoms with van der Waals surface area (Å²) in [5.41, 5.74) is 1.11. The number of ether oxygens (including phenoxy) is 1. The van der Waals surface area contributed by atoms with Gasteiger partial charge in [-0.3, -0.25) is 10.1 Å². The van der Waals surface area contributed by atoms with Gasteiger partial charge in [0, 0.05) is 31.4 Å². The highest BCUT2D eigenvalue weighted by molar-refractivity contribution is 5.35. The molecule has 0 aromatic heterocycles. The Kier molecular flexibility index (Phi) is 7.93. The zero-order valence-corrected chi connectivity index (χ0v) is 13.2. The minimum Gasteiger partial charge on any atom is -0.381 e. The lowest BCUT2D eigenvalue weighted by molar-refractivity contribution is -0.384. The molecule has 0 saturated carbocycles. The molecule has 5 heteroatoms. The molecule has 0 fully saturated rings. The summed E-state index contributed by atoms with van der Waals surface area (Å²) >= 11 is 0. The van der Waals surface area contributed by atoms with Gasteiger partial charge in [-0.15, -0.1) is 0 Å². The van der Waals surface area contributed by atoms with Crippen LogP contribution >= 0.6 is 0 Å². The maximum Gasteiger partial charge on any atom is 0.269 e. The van der Waals surface area contributed by atoms with Crippen molar-refractivity contribution >= 4 is 5.69 Å². The Morgan fingerprint density at radius 3 is 2.76 bits per heavy atom. The number of rotatable bonds is 10. The van der Waals surface area contributed by atoms with Gasteiger partial charge in [-0.2, -0.15) is 0 Å². The van der Waals surface area contributed by atoms with Gasteiger partial charge in [-0.05, 0) is 30.9 Å². The summed E-state index contributed by atoms with van der Waals surface area (Å²) in [4.78, 5) is 10.5. The Labute approximate surface area is 126 Å².